The highest BCUT2D eigenvalue weighted by atomic mass is 16.6. The fourth-order valence-corrected chi connectivity index (χ4v) is 1.44. The van der Waals surface area contributed by atoms with Crippen molar-refractivity contribution in [3.63, 3.8) is 0 Å². The average Bonchev–Trinajstić information content (AvgIpc) is 2.25. The van der Waals surface area contributed by atoms with E-state index in [1.54, 1.807) is 31.4 Å². The third-order valence-corrected chi connectivity index (χ3v) is 2.11. The molecule has 0 saturated carbocycles. The molecule has 0 aliphatic carbocycles. The Balaban J connectivity index is 3.13. The molecule has 0 unspecified atom stereocenters. The number of methoxy groups -OCH3 is 1. The SMILES string of the molecule is C=Cc1c(OC)cccc1C(=O)OC(C)(C)C. The summed E-state index contributed by atoms with van der Waals surface area (Å²) in [6, 6.07) is 5.24. The van der Waals surface area contributed by atoms with Gasteiger partial charge in [-0.05, 0) is 32.9 Å². The van der Waals surface area contributed by atoms with E-state index in [0.29, 0.717) is 16.9 Å². The summed E-state index contributed by atoms with van der Waals surface area (Å²) in [4.78, 5) is 12.0. The van der Waals surface area contributed by atoms with Gasteiger partial charge in [-0.25, -0.2) is 4.79 Å². The third kappa shape index (κ3) is 3.34. The monoisotopic (exact) mass is 234 g/mol. The van der Waals surface area contributed by atoms with Crippen molar-refractivity contribution < 1.29 is 14.3 Å². The first-order chi connectivity index (χ1) is 7.89. The molecule has 0 saturated heterocycles. The maximum Gasteiger partial charge on any atom is 0.339 e. The number of carbonyl (C=O) groups excluding carboxylic acids is 1. The van der Waals surface area contributed by atoms with Crippen LogP contribution >= 0.6 is 0 Å². The van der Waals surface area contributed by atoms with Gasteiger partial charge in [0.2, 0.25) is 0 Å². The van der Waals surface area contributed by atoms with E-state index in [4.69, 9.17) is 9.47 Å². The maximum absolute atomic E-state index is 12.0. The van der Waals surface area contributed by atoms with Crippen molar-refractivity contribution in [2.45, 2.75) is 26.4 Å². The molecule has 0 atom stereocenters. The molecule has 0 amide bonds. The number of carbonyl (C=O) groups is 1. The molecular formula is C14H18O3. The summed E-state index contributed by atoms with van der Waals surface area (Å²) in [5, 5.41) is 0. The molecule has 0 aliphatic heterocycles. The highest BCUT2D eigenvalue weighted by molar-refractivity contribution is 5.95. The Kier molecular flexibility index (Phi) is 3.94. The van der Waals surface area contributed by atoms with Crippen LogP contribution in [0.4, 0.5) is 0 Å². The molecule has 0 aromatic heterocycles. The normalized spacial score (nSPS) is 10.8. The molecule has 0 bridgehead atoms. The molecule has 92 valence electrons. The highest BCUT2D eigenvalue weighted by Gasteiger charge is 2.20. The van der Waals surface area contributed by atoms with Gasteiger partial charge in [0.05, 0.1) is 12.7 Å². The largest absolute Gasteiger partial charge is 0.496 e. The molecule has 1 aromatic carbocycles. The summed E-state index contributed by atoms with van der Waals surface area (Å²) in [6.45, 7) is 9.19. The minimum absolute atomic E-state index is 0.369. The van der Waals surface area contributed by atoms with Crippen molar-refractivity contribution in [2.75, 3.05) is 7.11 Å². The van der Waals surface area contributed by atoms with Gasteiger partial charge < -0.3 is 9.47 Å². The molecule has 0 spiro atoms. The van der Waals surface area contributed by atoms with Crippen LogP contribution in [0.25, 0.3) is 6.08 Å². The molecular weight excluding hydrogens is 216 g/mol. The fourth-order valence-electron chi connectivity index (χ4n) is 1.44. The second-order valence-corrected chi connectivity index (χ2v) is 4.63. The van der Waals surface area contributed by atoms with Crippen molar-refractivity contribution >= 4 is 12.0 Å². The summed E-state index contributed by atoms with van der Waals surface area (Å²) >= 11 is 0. The van der Waals surface area contributed by atoms with E-state index in [0.717, 1.165) is 0 Å². The number of ether oxygens (including phenoxy) is 2. The molecule has 0 heterocycles. The summed E-state index contributed by atoms with van der Waals surface area (Å²) in [7, 11) is 1.56. The number of hydrogen-bond donors (Lipinski definition) is 0. The Labute approximate surface area is 102 Å². The smallest absolute Gasteiger partial charge is 0.339 e. The van der Waals surface area contributed by atoms with Gasteiger partial charge in [0, 0.05) is 5.56 Å². The lowest BCUT2D eigenvalue weighted by atomic mass is 10.1. The molecule has 0 radical (unpaired) electrons. The molecule has 0 aliphatic rings. The molecule has 1 aromatic rings. The Morgan fingerprint density at radius 3 is 2.47 bits per heavy atom. The van der Waals surface area contributed by atoms with Crippen molar-refractivity contribution in [1.29, 1.82) is 0 Å². The maximum atomic E-state index is 12.0. The first-order valence-electron chi connectivity index (χ1n) is 5.42. The van der Waals surface area contributed by atoms with Crippen molar-refractivity contribution in [1.82, 2.24) is 0 Å². The van der Waals surface area contributed by atoms with E-state index in [-0.39, 0.29) is 5.97 Å². The van der Waals surface area contributed by atoms with E-state index < -0.39 is 5.60 Å². The van der Waals surface area contributed by atoms with Crippen molar-refractivity contribution in [2.24, 2.45) is 0 Å². The third-order valence-electron chi connectivity index (χ3n) is 2.11. The van der Waals surface area contributed by atoms with Gasteiger partial charge in [-0.2, -0.15) is 0 Å². The van der Waals surface area contributed by atoms with Gasteiger partial charge in [0.1, 0.15) is 11.4 Å². The zero-order valence-electron chi connectivity index (χ0n) is 10.7. The Morgan fingerprint density at radius 2 is 2.00 bits per heavy atom. The van der Waals surface area contributed by atoms with Crippen LogP contribution in [0.3, 0.4) is 0 Å². The summed E-state index contributed by atoms with van der Waals surface area (Å²) < 4.78 is 10.5. The van der Waals surface area contributed by atoms with E-state index in [1.807, 2.05) is 20.8 Å². The Bertz CT molecular complexity index is 428. The highest BCUT2D eigenvalue weighted by Crippen LogP contribution is 2.25. The fraction of sp³-hybridized carbons (Fsp3) is 0.357. The standard InChI is InChI=1S/C14H18O3/c1-6-10-11(8-7-9-12(10)16-5)13(15)17-14(2,3)4/h6-9H,1H2,2-5H3. The van der Waals surface area contributed by atoms with Crippen molar-refractivity contribution in [3.8, 4) is 5.75 Å². The van der Waals surface area contributed by atoms with Crippen LogP contribution < -0.4 is 4.74 Å². The summed E-state index contributed by atoms with van der Waals surface area (Å²) in [5.74, 6) is 0.245. The Morgan fingerprint density at radius 1 is 1.35 bits per heavy atom. The number of rotatable bonds is 3. The molecule has 0 fully saturated rings. The van der Waals surface area contributed by atoms with Crippen LogP contribution in [-0.2, 0) is 4.74 Å². The summed E-state index contributed by atoms with van der Waals surface area (Å²) in [5.41, 5.74) is 0.608. The lowest BCUT2D eigenvalue weighted by Crippen LogP contribution is -2.24. The van der Waals surface area contributed by atoms with Crippen LogP contribution in [0.2, 0.25) is 0 Å². The van der Waals surface area contributed by atoms with E-state index >= 15 is 0 Å². The zero-order chi connectivity index (χ0) is 13.1. The second-order valence-electron chi connectivity index (χ2n) is 4.63. The van der Waals surface area contributed by atoms with Crippen molar-refractivity contribution in [3.05, 3.63) is 35.9 Å². The van der Waals surface area contributed by atoms with E-state index in [2.05, 4.69) is 6.58 Å². The number of benzene rings is 1. The van der Waals surface area contributed by atoms with Gasteiger partial charge in [0.25, 0.3) is 0 Å². The van der Waals surface area contributed by atoms with Crippen LogP contribution in [-0.4, -0.2) is 18.7 Å². The molecule has 1 rings (SSSR count). The molecule has 3 heteroatoms. The predicted octanol–water partition coefficient (Wildman–Crippen LogP) is 3.29. The van der Waals surface area contributed by atoms with Gasteiger partial charge in [-0.1, -0.05) is 18.7 Å². The predicted molar refractivity (Wildman–Crippen MR) is 68.3 cm³/mol. The minimum Gasteiger partial charge on any atom is -0.496 e. The van der Waals surface area contributed by atoms with Gasteiger partial charge in [0.15, 0.2) is 0 Å². The average molecular weight is 234 g/mol. The Hall–Kier alpha value is -1.77. The quantitative estimate of drug-likeness (QED) is 0.753. The topological polar surface area (TPSA) is 35.5 Å². The zero-order valence-corrected chi connectivity index (χ0v) is 10.7. The molecule has 0 N–H and O–H groups in total. The first-order valence-corrected chi connectivity index (χ1v) is 5.42. The van der Waals surface area contributed by atoms with Gasteiger partial charge >= 0.3 is 5.97 Å². The molecule has 3 nitrogen and oxygen atoms in total. The molecule has 17 heavy (non-hydrogen) atoms. The van der Waals surface area contributed by atoms with Gasteiger partial charge in [-0.15, -0.1) is 0 Å². The van der Waals surface area contributed by atoms with Crippen LogP contribution in [0.5, 0.6) is 5.75 Å². The minimum atomic E-state index is -0.515. The number of hydrogen-bond acceptors (Lipinski definition) is 3. The summed E-state index contributed by atoms with van der Waals surface area (Å²) in [6.07, 6.45) is 1.60. The van der Waals surface area contributed by atoms with Crippen LogP contribution in [0.15, 0.2) is 24.8 Å². The number of esters is 1. The van der Waals surface area contributed by atoms with E-state index in [9.17, 15) is 4.79 Å². The lowest BCUT2D eigenvalue weighted by molar-refractivity contribution is 0.00690. The van der Waals surface area contributed by atoms with E-state index in [1.165, 1.54) is 0 Å². The van der Waals surface area contributed by atoms with Gasteiger partial charge in [-0.3, -0.25) is 0 Å². The first kappa shape index (κ1) is 13.3. The van der Waals surface area contributed by atoms with Crippen LogP contribution in [0.1, 0.15) is 36.7 Å². The van der Waals surface area contributed by atoms with Crippen LogP contribution in [0, 0.1) is 0 Å². The second kappa shape index (κ2) is 5.04. The lowest BCUT2D eigenvalue weighted by Gasteiger charge is -2.20.